The number of ether oxygens (including phenoxy) is 8. The summed E-state index contributed by atoms with van der Waals surface area (Å²) in [5.74, 6) is 0.609. The number of carbonyl (C=O) groups excluding carboxylic acids is 2. The van der Waals surface area contributed by atoms with Gasteiger partial charge in [-0.15, -0.1) is 0 Å². The summed E-state index contributed by atoms with van der Waals surface area (Å²) in [6.07, 6.45) is 0. The molecule has 0 unspecified atom stereocenters. The Hall–Kier alpha value is -3.44. The molecular formula is C30H40O10. The van der Waals surface area contributed by atoms with Gasteiger partial charge < -0.3 is 37.9 Å². The van der Waals surface area contributed by atoms with Crippen LogP contribution in [0, 0.1) is 0 Å². The molecule has 2 rings (SSSR count). The first-order valence-electron chi connectivity index (χ1n) is 13.1. The van der Waals surface area contributed by atoms with Gasteiger partial charge in [0.2, 0.25) is 0 Å². The maximum absolute atomic E-state index is 11.3. The number of rotatable bonds is 22. The third-order valence-corrected chi connectivity index (χ3v) is 5.16. The van der Waals surface area contributed by atoms with Crippen LogP contribution >= 0.6 is 0 Å². The number of hydrogen-bond acceptors (Lipinski definition) is 10. The van der Waals surface area contributed by atoms with E-state index in [1.807, 2.05) is 36.4 Å². The van der Waals surface area contributed by atoms with Crippen LogP contribution in [-0.4, -0.2) is 91.2 Å². The Kier molecular flexibility index (Phi) is 16.1. The first-order chi connectivity index (χ1) is 19.4. The highest BCUT2D eigenvalue weighted by Gasteiger charge is 2.06. The number of hydrogen-bond donors (Lipinski definition) is 0. The van der Waals surface area contributed by atoms with Crippen molar-refractivity contribution in [3.8, 4) is 11.5 Å². The van der Waals surface area contributed by atoms with Crippen molar-refractivity contribution in [2.75, 3.05) is 79.3 Å². The smallest absolute Gasteiger partial charge is 0.333 e. The molecule has 0 aliphatic rings. The van der Waals surface area contributed by atoms with E-state index in [1.165, 1.54) is 0 Å². The van der Waals surface area contributed by atoms with E-state index < -0.39 is 11.9 Å². The molecule has 0 aromatic heterocycles. The quantitative estimate of drug-likeness (QED) is 0.120. The third kappa shape index (κ3) is 13.6. The SMILES string of the molecule is C=C(C)C(=O)OCCOCCOCCOc1ccc2cccc(OCCOCCOCCOC(=O)C(=C)C)c2c1. The molecule has 0 fully saturated rings. The maximum Gasteiger partial charge on any atom is 0.333 e. The van der Waals surface area contributed by atoms with Gasteiger partial charge in [0, 0.05) is 16.5 Å². The van der Waals surface area contributed by atoms with Crippen molar-refractivity contribution < 1.29 is 47.5 Å². The lowest BCUT2D eigenvalue weighted by molar-refractivity contribution is -0.141. The van der Waals surface area contributed by atoms with Crippen molar-refractivity contribution in [1.29, 1.82) is 0 Å². The van der Waals surface area contributed by atoms with Crippen LogP contribution in [-0.2, 0) is 38.0 Å². The Balaban J connectivity index is 1.58. The average molecular weight is 561 g/mol. The molecule has 2 aromatic rings. The van der Waals surface area contributed by atoms with E-state index in [9.17, 15) is 9.59 Å². The zero-order valence-corrected chi connectivity index (χ0v) is 23.4. The zero-order chi connectivity index (χ0) is 29.0. The van der Waals surface area contributed by atoms with Crippen LogP contribution < -0.4 is 9.47 Å². The Morgan fingerprint density at radius 3 is 1.60 bits per heavy atom. The summed E-state index contributed by atoms with van der Waals surface area (Å²) in [7, 11) is 0. The molecule has 0 aliphatic heterocycles. The van der Waals surface area contributed by atoms with Crippen molar-refractivity contribution in [1.82, 2.24) is 0 Å². The summed E-state index contributed by atoms with van der Waals surface area (Å²) in [6, 6.07) is 11.7. The molecule has 10 heteroatoms. The lowest BCUT2D eigenvalue weighted by Gasteiger charge is -2.12. The Bertz CT molecular complexity index is 1080. The largest absolute Gasteiger partial charge is 0.491 e. The van der Waals surface area contributed by atoms with Crippen molar-refractivity contribution in [3.63, 3.8) is 0 Å². The van der Waals surface area contributed by atoms with Gasteiger partial charge in [-0.2, -0.15) is 0 Å². The fourth-order valence-corrected chi connectivity index (χ4v) is 3.14. The maximum atomic E-state index is 11.3. The summed E-state index contributed by atoms with van der Waals surface area (Å²) < 4.78 is 43.4. The van der Waals surface area contributed by atoms with Crippen molar-refractivity contribution >= 4 is 22.7 Å². The van der Waals surface area contributed by atoms with Crippen LogP contribution in [0.3, 0.4) is 0 Å². The van der Waals surface area contributed by atoms with E-state index in [-0.39, 0.29) is 13.2 Å². The molecule has 0 heterocycles. The van der Waals surface area contributed by atoms with Gasteiger partial charge >= 0.3 is 11.9 Å². The van der Waals surface area contributed by atoms with Gasteiger partial charge in [-0.05, 0) is 37.4 Å². The van der Waals surface area contributed by atoms with Gasteiger partial charge in [0.25, 0.3) is 0 Å². The summed E-state index contributed by atoms with van der Waals surface area (Å²) in [4.78, 5) is 22.5. The molecular weight excluding hydrogens is 520 g/mol. The summed E-state index contributed by atoms with van der Waals surface area (Å²) in [5, 5.41) is 1.98. The molecule has 40 heavy (non-hydrogen) atoms. The first kappa shape index (κ1) is 32.8. The molecule has 0 atom stereocenters. The molecule has 0 saturated heterocycles. The molecule has 0 spiro atoms. The Morgan fingerprint density at radius 2 is 1.07 bits per heavy atom. The fourth-order valence-electron chi connectivity index (χ4n) is 3.14. The van der Waals surface area contributed by atoms with E-state index in [0.717, 1.165) is 16.5 Å². The molecule has 0 radical (unpaired) electrons. The minimum atomic E-state index is -0.422. The second-order valence-electron chi connectivity index (χ2n) is 8.62. The van der Waals surface area contributed by atoms with Gasteiger partial charge in [0.15, 0.2) is 0 Å². The molecule has 0 N–H and O–H groups in total. The van der Waals surface area contributed by atoms with Crippen LogP contribution in [0.2, 0.25) is 0 Å². The number of esters is 2. The van der Waals surface area contributed by atoms with Crippen molar-refractivity contribution in [2.24, 2.45) is 0 Å². The molecule has 0 saturated carbocycles. The number of fused-ring (bicyclic) bond motifs is 1. The van der Waals surface area contributed by atoms with Crippen LogP contribution in [0.15, 0.2) is 60.7 Å². The topological polar surface area (TPSA) is 108 Å². The zero-order valence-electron chi connectivity index (χ0n) is 23.4. The van der Waals surface area contributed by atoms with Gasteiger partial charge in [-0.3, -0.25) is 0 Å². The fraction of sp³-hybridized carbons (Fsp3) is 0.467. The van der Waals surface area contributed by atoms with Crippen LogP contribution in [0.5, 0.6) is 11.5 Å². The number of benzene rings is 2. The molecule has 0 bridgehead atoms. The van der Waals surface area contributed by atoms with E-state index in [0.29, 0.717) is 83.0 Å². The van der Waals surface area contributed by atoms with Gasteiger partial charge in [0.05, 0.1) is 52.9 Å². The number of carbonyl (C=O) groups is 2. The predicted molar refractivity (Wildman–Crippen MR) is 150 cm³/mol. The van der Waals surface area contributed by atoms with Crippen LogP contribution in [0.25, 0.3) is 10.8 Å². The third-order valence-electron chi connectivity index (χ3n) is 5.16. The summed E-state index contributed by atoms with van der Waals surface area (Å²) >= 11 is 0. The second kappa shape index (κ2) is 19.6. The molecule has 0 aliphatic carbocycles. The predicted octanol–water partition coefficient (Wildman–Crippen LogP) is 3.90. The van der Waals surface area contributed by atoms with Gasteiger partial charge in [-0.1, -0.05) is 31.4 Å². The Morgan fingerprint density at radius 1 is 0.600 bits per heavy atom. The minimum absolute atomic E-state index is 0.182. The monoisotopic (exact) mass is 560 g/mol. The summed E-state index contributed by atoms with van der Waals surface area (Å²) in [5.41, 5.74) is 0.723. The van der Waals surface area contributed by atoms with E-state index in [1.54, 1.807) is 13.8 Å². The lowest BCUT2D eigenvalue weighted by atomic mass is 10.1. The Labute approximate surface area is 235 Å². The van der Waals surface area contributed by atoms with Crippen molar-refractivity contribution in [3.05, 3.63) is 60.7 Å². The van der Waals surface area contributed by atoms with Crippen molar-refractivity contribution in [2.45, 2.75) is 13.8 Å². The van der Waals surface area contributed by atoms with E-state index in [2.05, 4.69) is 13.2 Å². The minimum Gasteiger partial charge on any atom is -0.491 e. The lowest BCUT2D eigenvalue weighted by Crippen LogP contribution is -2.14. The van der Waals surface area contributed by atoms with Crippen LogP contribution in [0.1, 0.15) is 13.8 Å². The standard InChI is InChI=1S/C30H40O10/c1-23(2)29(31)39-20-16-35-12-10-33-14-18-37-26-9-8-25-6-5-7-28(27(25)22-26)38-19-15-34-11-13-36-17-21-40-30(32)24(3)4/h5-9,22H,1,3,10-21H2,2,4H3. The van der Waals surface area contributed by atoms with Gasteiger partial charge in [0.1, 0.15) is 37.9 Å². The average Bonchev–Trinajstić information content (AvgIpc) is 2.94. The summed E-state index contributed by atoms with van der Waals surface area (Å²) in [6.45, 7) is 14.4. The normalized spacial score (nSPS) is 10.8. The second-order valence-corrected chi connectivity index (χ2v) is 8.62. The molecule has 10 nitrogen and oxygen atoms in total. The molecule has 2 aromatic carbocycles. The van der Waals surface area contributed by atoms with Gasteiger partial charge in [-0.25, -0.2) is 9.59 Å². The highest BCUT2D eigenvalue weighted by Crippen LogP contribution is 2.29. The van der Waals surface area contributed by atoms with Crippen LogP contribution in [0.4, 0.5) is 0 Å². The van der Waals surface area contributed by atoms with E-state index in [4.69, 9.17) is 37.9 Å². The molecule has 220 valence electrons. The highest BCUT2D eigenvalue weighted by molar-refractivity contribution is 5.89. The highest BCUT2D eigenvalue weighted by atomic mass is 16.6. The van der Waals surface area contributed by atoms with E-state index >= 15 is 0 Å². The first-order valence-corrected chi connectivity index (χ1v) is 13.1. The molecule has 0 amide bonds.